The number of halogens is 1. The summed E-state index contributed by atoms with van der Waals surface area (Å²) in [5.74, 6) is 0.727. The van der Waals surface area contributed by atoms with E-state index in [4.69, 9.17) is 0 Å². The largest absolute Gasteiger partial charge is 0.307 e. The molecular formula is C16H18BrNS. The van der Waals surface area contributed by atoms with E-state index in [-0.39, 0.29) is 0 Å². The smallest absolute Gasteiger partial charge is 0.0388 e. The Morgan fingerprint density at radius 2 is 2.11 bits per heavy atom. The number of thiophene rings is 1. The monoisotopic (exact) mass is 335 g/mol. The molecule has 1 aliphatic carbocycles. The zero-order valence-electron chi connectivity index (χ0n) is 11.0. The van der Waals surface area contributed by atoms with Crippen LogP contribution in [0.2, 0.25) is 0 Å². The molecular weight excluding hydrogens is 318 g/mol. The highest BCUT2D eigenvalue weighted by atomic mass is 79.9. The van der Waals surface area contributed by atoms with Crippen molar-refractivity contribution < 1.29 is 0 Å². The molecule has 100 valence electrons. The van der Waals surface area contributed by atoms with Crippen LogP contribution in [0.3, 0.4) is 0 Å². The second-order valence-corrected chi connectivity index (χ2v) is 7.22. The summed E-state index contributed by atoms with van der Waals surface area (Å²) in [5, 5.41) is 5.88. The van der Waals surface area contributed by atoms with Gasteiger partial charge in [-0.2, -0.15) is 0 Å². The van der Waals surface area contributed by atoms with Gasteiger partial charge in [0.1, 0.15) is 0 Å². The maximum Gasteiger partial charge on any atom is 0.0388 e. The van der Waals surface area contributed by atoms with Gasteiger partial charge in [0, 0.05) is 21.4 Å². The zero-order chi connectivity index (χ0) is 13.2. The molecule has 1 saturated carbocycles. The Kier molecular flexibility index (Phi) is 4.06. The van der Waals surface area contributed by atoms with Crippen LogP contribution in [0.15, 0.2) is 46.3 Å². The molecule has 1 aromatic carbocycles. The average Bonchev–Trinajstić information content (AvgIpc) is 2.86. The predicted octanol–water partition coefficient (Wildman–Crippen LogP) is 5.11. The second kappa shape index (κ2) is 5.78. The first-order valence-electron chi connectivity index (χ1n) is 6.77. The number of benzene rings is 1. The highest BCUT2D eigenvalue weighted by molar-refractivity contribution is 9.10. The fraction of sp³-hybridized carbons (Fsp3) is 0.375. The minimum atomic E-state index is 0.480. The van der Waals surface area contributed by atoms with Crippen LogP contribution in [0.25, 0.3) is 0 Å². The molecule has 0 bridgehead atoms. The highest BCUT2D eigenvalue weighted by Gasteiger charge is 2.31. The zero-order valence-corrected chi connectivity index (χ0v) is 13.4. The summed E-state index contributed by atoms with van der Waals surface area (Å²) < 4.78 is 1.19. The van der Waals surface area contributed by atoms with Gasteiger partial charge >= 0.3 is 0 Å². The molecule has 1 heterocycles. The van der Waals surface area contributed by atoms with E-state index in [1.165, 1.54) is 27.8 Å². The van der Waals surface area contributed by atoms with E-state index >= 15 is 0 Å². The quantitative estimate of drug-likeness (QED) is 0.818. The molecule has 0 spiro atoms. The van der Waals surface area contributed by atoms with Crippen molar-refractivity contribution in [2.75, 3.05) is 0 Å². The van der Waals surface area contributed by atoms with Crippen LogP contribution in [0.1, 0.15) is 42.2 Å². The van der Waals surface area contributed by atoms with Crippen molar-refractivity contribution in [3.8, 4) is 0 Å². The molecule has 1 atom stereocenters. The topological polar surface area (TPSA) is 12.0 Å². The number of hydrogen-bond acceptors (Lipinski definition) is 2. The van der Waals surface area contributed by atoms with Gasteiger partial charge in [0.15, 0.2) is 0 Å². The van der Waals surface area contributed by atoms with E-state index in [9.17, 15) is 0 Å². The molecule has 0 unspecified atom stereocenters. The first kappa shape index (κ1) is 13.3. The molecule has 19 heavy (non-hydrogen) atoms. The van der Waals surface area contributed by atoms with Gasteiger partial charge in [-0.25, -0.2) is 0 Å². The normalized spacial score (nSPS) is 23.9. The Bertz CT molecular complexity index is 531. The van der Waals surface area contributed by atoms with Crippen molar-refractivity contribution in [3.05, 3.63) is 56.7 Å². The van der Waals surface area contributed by atoms with E-state index in [0.29, 0.717) is 12.1 Å². The van der Waals surface area contributed by atoms with Gasteiger partial charge in [-0.3, -0.25) is 0 Å². The lowest BCUT2D eigenvalue weighted by molar-refractivity contribution is 0.272. The summed E-state index contributed by atoms with van der Waals surface area (Å²) >= 11 is 5.39. The van der Waals surface area contributed by atoms with Gasteiger partial charge in [0.05, 0.1) is 0 Å². The minimum absolute atomic E-state index is 0.480. The molecule has 1 aromatic heterocycles. The van der Waals surface area contributed by atoms with E-state index in [1.54, 1.807) is 0 Å². The van der Waals surface area contributed by atoms with Gasteiger partial charge in [-0.05, 0) is 54.8 Å². The van der Waals surface area contributed by atoms with Crippen LogP contribution in [-0.2, 0) is 0 Å². The molecule has 1 nitrogen and oxygen atoms in total. The first-order valence-corrected chi connectivity index (χ1v) is 8.44. The molecule has 3 heteroatoms. The maximum atomic E-state index is 3.73. The van der Waals surface area contributed by atoms with Crippen molar-refractivity contribution in [2.24, 2.45) is 0 Å². The van der Waals surface area contributed by atoms with E-state index in [1.807, 2.05) is 11.3 Å². The van der Waals surface area contributed by atoms with Gasteiger partial charge in [-0.15, -0.1) is 11.3 Å². The van der Waals surface area contributed by atoms with E-state index in [0.717, 1.165) is 5.92 Å². The summed E-state index contributed by atoms with van der Waals surface area (Å²) in [6, 6.07) is 14.2. The molecule has 0 aliphatic heterocycles. The second-order valence-electron chi connectivity index (χ2n) is 5.32. The molecule has 1 N–H and O–H groups in total. The lowest BCUT2D eigenvalue weighted by Crippen LogP contribution is -2.41. The van der Waals surface area contributed by atoms with Crippen molar-refractivity contribution >= 4 is 27.3 Å². The molecule has 1 fully saturated rings. The fourth-order valence-corrected chi connectivity index (χ4v) is 3.92. The number of rotatable bonds is 4. The third-order valence-corrected chi connectivity index (χ3v) is 5.46. The van der Waals surface area contributed by atoms with E-state index in [2.05, 4.69) is 69.9 Å². The Balaban J connectivity index is 1.53. The third-order valence-electron chi connectivity index (χ3n) is 3.91. The fourth-order valence-electron chi connectivity index (χ4n) is 2.76. The summed E-state index contributed by atoms with van der Waals surface area (Å²) in [5.41, 5.74) is 1.47. The first-order chi connectivity index (χ1) is 9.22. The van der Waals surface area contributed by atoms with Crippen LogP contribution in [0.4, 0.5) is 0 Å². The Hall–Kier alpha value is -0.640. The lowest BCUT2D eigenvalue weighted by Gasteiger charge is -2.38. The van der Waals surface area contributed by atoms with Gasteiger partial charge in [-0.1, -0.05) is 34.1 Å². The Morgan fingerprint density at radius 1 is 1.26 bits per heavy atom. The summed E-state index contributed by atoms with van der Waals surface area (Å²) in [4.78, 5) is 1.44. The average molecular weight is 336 g/mol. The maximum absolute atomic E-state index is 3.73. The summed E-state index contributed by atoms with van der Waals surface area (Å²) in [6.45, 7) is 2.26. The lowest BCUT2D eigenvalue weighted by atomic mass is 9.75. The van der Waals surface area contributed by atoms with Crippen molar-refractivity contribution in [1.29, 1.82) is 0 Å². The molecule has 0 radical (unpaired) electrons. The van der Waals surface area contributed by atoms with Gasteiger partial charge in [0.2, 0.25) is 0 Å². The number of hydrogen-bond donors (Lipinski definition) is 1. The van der Waals surface area contributed by atoms with Crippen molar-refractivity contribution in [2.45, 2.75) is 37.8 Å². The van der Waals surface area contributed by atoms with Gasteiger partial charge < -0.3 is 5.32 Å². The third kappa shape index (κ3) is 3.10. The highest BCUT2D eigenvalue weighted by Crippen LogP contribution is 2.38. The van der Waals surface area contributed by atoms with Crippen molar-refractivity contribution in [3.63, 3.8) is 0 Å². The minimum Gasteiger partial charge on any atom is -0.307 e. The Morgan fingerprint density at radius 3 is 2.79 bits per heavy atom. The van der Waals surface area contributed by atoms with Crippen molar-refractivity contribution in [1.82, 2.24) is 5.32 Å². The summed E-state index contributed by atoms with van der Waals surface area (Å²) in [6.07, 6.45) is 2.51. The number of nitrogens with one attached hydrogen (secondary N) is 1. The molecule has 3 rings (SSSR count). The van der Waals surface area contributed by atoms with Crippen LogP contribution in [0, 0.1) is 0 Å². The predicted molar refractivity (Wildman–Crippen MR) is 85.8 cm³/mol. The van der Waals surface area contributed by atoms with E-state index < -0.39 is 0 Å². The molecule has 1 aliphatic rings. The van der Waals surface area contributed by atoms with Crippen LogP contribution in [-0.4, -0.2) is 6.04 Å². The van der Waals surface area contributed by atoms with Gasteiger partial charge in [0.25, 0.3) is 0 Å². The Labute approximate surface area is 127 Å². The molecule has 0 saturated heterocycles. The summed E-state index contributed by atoms with van der Waals surface area (Å²) in [7, 11) is 0. The van der Waals surface area contributed by atoms with Crippen LogP contribution < -0.4 is 5.32 Å². The molecule has 0 amide bonds. The standard InChI is InChI=1S/C16H18BrNS/c1-11(16-6-3-7-19-16)18-15-9-13(10-15)12-4-2-5-14(17)8-12/h2-8,11,13,15,18H,9-10H2,1H3/t11-,13?,15?/m0/s1. The SMILES string of the molecule is C[C@H](NC1CC(c2cccc(Br)c2)C1)c1cccs1. The van der Waals surface area contributed by atoms with Crippen LogP contribution >= 0.6 is 27.3 Å². The molecule has 2 aromatic rings. The van der Waals surface area contributed by atoms with Crippen LogP contribution in [0.5, 0.6) is 0 Å².